The maximum Gasteiger partial charge on any atom is 0.0170 e. The van der Waals surface area contributed by atoms with Gasteiger partial charge >= 0.3 is 0 Å². The first kappa shape index (κ1) is 35.4. The molecule has 7 saturated carbocycles. The summed E-state index contributed by atoms with van der Waals surface area (Å²) < 4.78 is 0. The zero-order valence-corrected chi connectivity index (χ0v) is 32.8. The Hall–Kier alpha value is -0.340. The van der Waals surface area contributed by atoms with Crippen molar-refractivity contribution < 1.29 is 0 Å². The number of hydrogen-bond donors (Lipinski definition) is 0. The fourth-order valence-corrected chi connectivity index (χ4v) is 16.0. The third kappa shape index (κ3) is 7.50. The van der Waals surface area contributed by atoms with Crippen LogP contribution in [0.4, 0.5) is 0 Å². The van der Waals surface area contributed by atoms with Crippen LogP contribution in [0.1, 0.15) is 205 Å². The highest BCUT2D eigenvalue weighted by atomic mass is 15.3. The average Bonchev–Trinajstić information content (AvgIpc) is 3.53. The van der Waals surface area contributed by atoms with Gasteiger partial charge in [-0.2, -0.15) is 0 Å². The Bertz CT molecular complexity index is 1030. The van der Waals surface area contributed by atoms with E-state index in [1.54, 1.807) is 96.3 Å². The van der Waals surface area contributed by atoms with Crippen molar-refractivity contribution in [1.29, 1.82) is 0 Å². The molecule has 9 aliphatic rings. The van der Waals surface area contributed by atoms with E-state index in [1.807, 2.05) is 0 Å². The molecule has 9 rings (SSSR count). The predicted molar refractivity (Wildman–Crippen MR) is 211 cm³/mol. The van der Waals surface area contributed by atoms with Crippen molar-refractivity contribution >= 4 is 0 Å². The van der Waals surface area contributed by atoms with Gasteiger partial charge in [0, 0.05) is 36.3 Å². The molecule has 0 spiro atoms. The fraction of sp³-hybridized carbons (Fsp3) is 0.958. The van der Waals surface area contributed by atoms with E-state index in [2.05, 4.69) is 22.0 Å². The van der Waals surface area contributed by atoms with Gasteiger partial charge in [-0.15, -0.1) is 0 Å². The van der Waals surface area contributed by atoms with Crippen LogP contribution in [-0.2, 0) is 0 Å². The first-order chi connectivity index (χ1) is 24.8. The SMILES string of the molecule is C1=CCC2C(C1)C1CC(C3CCC(N(C4CCCC(C5CCCCC5)C4)C4CCCC(C5CCCCC5)C4)CC3)CCC1N2C1CCCCC1. The molecule has 2 heteroatoms. The zero-order chi connectivity index (χ0) is 33.3. The molecule has 0 radical (unpaired) electrons. The average molecular weight is 685 g/mol. The summed E-state index contributed by atoms with van der Waals surface area (Å²) in [6.07, 6.45) is 54.3. The molecule has 0 amide bonds. The third-order valence-electron chi connectivity index (χ3n) is 18.3. The molecule has 1 saturated heterocycles. The quantitative estimate of drug-likeness (QED) is 0.246. The number of fused-ring (bicyclic) bond motifs is 3. The summed E-state index contributed by atoms with van der Waals surface area (Å²) in [5.74, 6) is 8.33. The Kier molecular flexibility index (Phi) is 11.7. The molecular weight excluding hydrogens is 605 g/mol. The molecule has 0 aromatic carbocycles. The molecule has 0 bridgehead atoms. The van der Waals surface area contributed by atoms with Gasteiger partial charge in [0.25, 0.3) is 0 Å². The first-order valence-corrected chi connectivity index (χ1v) is 24.0. The minimum absolute atomic E-state index is 0.891. The van der Waals surface area contributed by atoms with E-state index in [9.17, 15) is 0 Å². The number of rotatable bonds is 7. The minimum atomic E-state index is 0.891. The molecule has 0 aromatic heterocycles. The molecule has 0 aromatic rings. The minimum Gasteiger partial charge on any atom is -0.294 e. The van der Waals surface area contributed by atoms with Gasteiger partial charge in [0.05, 0.1) is 0 Å². The van der Waals surface area contributed by atoms with Crippen molar-refractivity contribution in [1.82, 2.24) is 9.80 Å². The van der Waals surface area contributed by atoms with E-state index in [4.69, 9.17) is 0 Å². The van der Waals surface area contributed by atoms with E-state index in [1.165, 1.54) is 109 Å². The number of allylic oxidation sites excluding steroid dienone is 1. The topological polar surface area (TPSA) is 6.48 Å². The summed E-state index contributed by atoms with van der Waals surface area (Å²) in [6, 6.07) is 5.50. The van der Waals surface area contributed by atoms with Crippen LogP contribution in [-0.4, -0.2) is 46.1 Å². The molecule has 1 heterocycles. The van der Waals surface area contributed by atoms with Gasteiger partial charge in [-0.25, -0.2) is 0 Å². The summed E-state index contributed by atoms with van der Waals surface area (Å²) >= 11 is 0. The van der Waals surface area contributed by atoms with Crippen LogP contribution in [0.5, 0.6) is 0 Å². The van der Waals surface area contributed by atoms with E-state index in [0.717, 1.165) is 83.6 Å². The second kappa shape index (κ2) is 16.6. The lowest BCUT2D eigenvalue weighted by molar-refractivity contribution is -0.0223. The van der Waals surface area contributed by atoms with Crippen LogP contribution in [0, 0.1) is 47.3 Å². The summed E-state index contributed by atoms with van der Waals surface area (Å²) in [6.45, 7) is 0. The van der Waals surface area contributed by atoms with Crippen molar-refractivity contribution in [2.24, 2.45) is 47.3 Å². The standard InChI is InChI=1S/C48H80N2/c1-4-14-35(15-5-1)38-18-12-22-43(32-38)49(44-23-13-19-39(33-44)36-16-6-2-7-17-36)42-29-26-37(27-30-42)40-28-31-48-46(34-40)45-24-10-11-25-47(45)50(48)41-20-8-3-9-21-41/h10-11,35-48H,1-9,12-34H2. The van der Waals surface area contributed by atoms with Crippen LogP contribution in [0.2, 0.25) is 0 Å². The molecule has 8 fully saturated rings. The number of likely N-dealkylation sites (tertiary alicyclic amines) is 1. The highest BCUT2D eigenvalue weighted by Gasteiger charge is 2.53. The van der Waals surface area contributed by atoms with Crippen molar-refractivity contribution in [2.45, 2.75) is 242 Å². The van der Waals surface area contributed by atoms with Crippen molar-refractivity contribution in [3.63, 3.8) is 0 Å². The molecule has 50 heavy (non-hydrogen) atoms. The normalized spacial score (nSPS) is 44.6. The van der Waals surface area contributed by atoms with Gasteiger partial charge < -0.3 is 0 Å². The van der Waals surface area contributed by atoms with Crippen molar-refractivity contribution in [3.8, 4) is 0 Å². The third-order valence-corrected chi connectivity index (χ3v) is 18.3. The Morgan fingerprint density at radius 2 is 0.840 bits per heavy atom. The zero-order valence-electron chi connectivity index (χ0n) is 32.8. The maximum atomic E-state index is 3.38. The Labute approximate surface area is 310 Å². The second-order valence-electron chi connectivity index (χ2n) is 20.7. The Morgan fingerprint density at radius 3 is 1.46 bits per heavy atom. The fourth-order valence-electron chi connectivity index (χ4n) is 16.0. The summed E-state index contributed by atoms with van der Waals surface area (Å²) in [4.78, 5) is 6.59. The van der Waals surface area contributed by atoms with E-state index in [0.29, 0.717) is 0 Å². The second-order valence-corrected chi connectivity index (χ2v) is 20.7. The largest absolute Gasteiger partial charge is 0.294 e. The molecule has 2 nitrogen and oxygen atoms in total. The number of nitrogens with zero attached hydrogens (tertiary/aromatic N) is 2. The van der Waals surface area contributed by atoms with Crippen LogP contribution in [0.3, 0.4) is 0 Å². The van der Waals surface area contributed by atoms with Gasteiger partial charge in [0.1, 0.15) is 0 Å². The lowest BCUT2D eigenvalue weighted by atomic mass is 9.65. The van der Waals surface area contributed by atoms with Gasteiger partial charge in [0.2, 0.25) is 0 Å². The molecule has 9 atom stereocenters. The molecule has 8 aliphatic carbocycles. The predicted octanol–water partition coefficient (Wildman–Crippen LogP) is 12.9. The lowest BCUT2D eigenvalue weighted by Crippen LogP contribution is -2.54. The number of hydrogen-bond acceptors (Lipinski definition) is 2. The van der Waals surface area contributed by atoms with Crippen LogP contribution in [0.25, 0.3) is 0 Å². The Balaban J connectivity index is 0.874. The van der Waals surface area contributed by atoms with Gasteiger partial charge in [-0.1, -0.05) is 121 Å². The van der Waals surface area contributed by atoms with Crippen molar-refractivity contribution in [3.05, 3.63) is 12.2 Å². The first-order valence-electron chi connectivity index (χ1n) is 24.0. The van der Waals surface area contributed by atoms with Gasteiger partial charge in [-0.3, -0.25) is 9.80 Å². The van der Waals surface area contributed by atoms with E-state index < -0.39 is 0 Å². The summed E-state index contributed by atoms with van der Waals surface area (Å²) in [5, 5.41) is 0. The van der Waals surface area contributed by atoms with Crippen LogP contribution >= 0.6 is 0 Å². The summed E-state index contributed by atoms with van der Waals surface area (Å²) in [7, 11) is 0. The molecule has 1 aliphatic heterocycles. The van der Waals surface area contributed by atoms with Gasteiger partial charge in [0.15, 0.2) is 0 Å². The molecule has 282 valence electrons. The molecule has 9 unspecified atom stereocenters. The van der Waals surface area contributed by atoms with E-state index in [-0.39, 0.29) is 0 Å². The maximum absolute atomic E-state index is 3.38. The van der Waals surface area contributed by atoms with Crippen molar-refractivity contribution in [2.75, 3.05) is 0 Å². The Morgan fingerprint density at radius 1 is 0.340 bits per heavy atom. The highest BCUT2D eigenvalue weighted by molar-refractivity contribution is 5.12. The lowest BCUT2D eigenvalue weighted by Gasteiger charge is -2.52. The highest BCUT2D eigenvalue weighted by Crippen LogP contribution is 2.54. The monoisotopic (exact) mass is 685 g/mol. The molecule has 0 N–H and O–H groups in total. The van der Waals surface area contributed by atoms with E-state index >= 15 is 0 Å². The van der Waals surface area contributed by atoms with Gasteiger partial charge in [-0.05, 0) is 144 Å². The summed E-state index contributed by atoms with van der Waals surface area (Å²) in [5.41, 5.74) is 0. The molecular formula is C48H80N2. The van der Waals surface area contributed by atoms with Crippen LogP contribution in [0.15, 0.2) is 12.2 Å². The van der Waals surface area contributed by atoms with Crippen LogP contribution < -0.4 is 0 Å². The smallest absolute Gasteiger partial charge is 0.0170 e.